The normalized spacial score (nSPS) is 18.7. The molecule has 0 aliphatic carbocycles. The highest BCUT2D eigenvalue weighted by Crippen LogP contribution is 2.38. The van der Waals surface area contributed by atoms with Crippen LogP contribution in [0.1, 0.15) is 29.9 Å². The van der Waals surface area contributed by atoms with Crippen LogP contribution in [-0.2, 0) is 6.42 Å². The van der Waals surface area contributed by atoms with Gasteiger partial charge >= 0.3 is 0 Å². The number of rotatable bonds is 3. The summed E-state index contributed by atoms with van der Waals surface area (Å²) in [5, 5.41) is 3.45. The summed E-state index contributed by atoms with van der Waals surface area (Å²) in [4.78, 5) is 1.36. The van der Waals surface area contributed by atoms with Crippen molar-refractivity contribution in [3.8, 4) is 0 Å². The first-order valence-electron chi connectivity index (χ1n) is 8.34. The van der Waals surface area contributed by atoms with E-state index in [2.05, 4.69) is 68.0 Å². The zero-order valence-electron chi connectivity index (χ0n) is 13.1. The highest BCUT2D eigenvalue weighted by molar-refractivity contribution is 9.10. The first-order valence-corrected chi connectivity index (χ1v) is 9.90. The summed E-state index contributed by atoms with van der Waals surface area (Å²) in [7, 11) is 0. The van der Waals surface area contributed by atoms with E-state index >= 15 is 0 Å². The minimum atomic E-state index is 0.726. The first-order chi connectivity index (χ1) is 11.3. The Morgan fingerprint density at radius 2 is 1.87 bits per heavy atom. The van der Waals surface area contributed by atoms with E-state index in [-0.39, 0.29) is 0 Å². The minimum absolute atomic E-state index is 0.726. The Hall–Kier alpha value is -0.970. The molecule has 4 rings (SSSR count). The molecular formula is C19H21BrN2S. The predicted molar refractivity (Wildman–Crippen MR) is 102 cm³/mol. The molecule has 0 bridgehead atoms. The number of nitrogens with zero attached hydrogens (tertiary/aromatic N) is 1. The minimum Gasteiger partial charge on any atom is -0.384 e. The molecule has 23 heavy (non-hydrogen) atoms. The number of fused-ring (bicyclic) bond motifs is 1. The van der Waals surface area contributed by atoms with Crippen LogP contribution in [0.15, 0.2) is 51.8 Å². The SMILES string of the molecule is Brc1cc(SN2CCC(c3ccccc3)CC2)cc2c1NCC2. The first kappa shape index (κ1) is 15.6. The number of piperidine rings is 1. The predicted octanol–water partition coefficient (Wildman–Crippen LogP) is 5.30. The highest BCUT2D eigenvalue weighted by atomic mass is 79.9. The number of hydrogen-bond donors (Lipinski definition) is 1. The van der Waals surface area contributed by atoms with Gasteiger partial charge in [-0.3, -0.25) is 0 Å². The third kappa shape index (κ3) is 3.44. The molecule has 0 amide bonds. The van der Waals surface area contributed by atoms with Gasteiger partial charge in [-0.15, -0.1) is 0 Å². The summed E-state index contributed by atoms with van der Waals surface area (Å²) in [5.41, 5.74) is 4.24. The number of anilines is 1. The summed E-state index contributed by atoms with van der Waals surface area (Å²) in [5.74, 6) is 0.726. The zero-order chi connectivity index (χ0) is 15.6. The van der Waals surface area contributed by atoms with E-state index in [1.807, 2.05) is 11.9 Å². The van der Waals surface area contributed by atoms with Crippen molar-refractivity contribution in [3.63, 3.8) is 0 Å². The lowest BCUT2D eigenvalue weighted by molar-refractivity contribution is 0.346. The molecule has 4 heteroatoms. The van der Waals surface area contributed by atoms with Crippen molar-refractivity contribution < 1.29 is 0 Å². The Kier molecular flexibility index (Phi) is 4.65. The Balaban J connectivity index is 1.39. The van der Waals surface area contributed by atoms with Crippen LogP contribution >= 0.6 is 27.9 Å². The molecule has 2 nitrogen and oxygen atoms in total. The van der Waals surface area contributed by atoms with E-state index < -0.39 is 0 Å². The van der Waals surface area contributed by atoms with E-state index in [1.54, 1.807) is 0 Å². The van der Waals surface area contributed by atoms with Crippen LogP contribution in [0.3, 0.4) is 0 Å². The molecular weight excluding hydrogens is 368 g/mol. The molecule has 2 aliphatic heterocycles. The Morgan fingerprint density at radius 1 is 1.09 bits per heavy atom. The molecule has 2 heterocycles. The largest absolute Gasteiger partial charge is 0.384 e. The molecule has 0 aromatic heterocycles. The van der Waals surface area contributed by atoms with Crippen molar-refractivity contribution in [2.45, 2.75) is 30.1 Å². The number of benzene rings is 2. The van der Waals surface area contributed by atoms with E-state index in [1.165, 1.54) is 39.0 Å². The van der Waals surface area contributed by atoms with Crippen molar-refractivity contribution in [1.82, 2.24) is 4.31 Å². The van der Waals surface area contributed by atoms with Gasteiger partial charge in [0.15, 0.2) is 0 Å². The topological polar surface area (TPSA) is 15.3 Å². The van der Waals surface area contributed by atoms with Crippen LogP contribution in [-0.4, -0.2) is 23.9 Å². The molecule has 0 saturated carbocycles. The quantitative estimate of drug-likeness (QED) is 0.717. The monoisotopic (exact) mass is 388 g/mol. The van der Waals surface area contributed by atoms with Crippen LogP contribution in [0.5, 0.6) is 0 Å². The summed E-state index contributed by atoms with van der Waals surface area (Å²) in [6.07, 6.45) is 3.65. The van der Waals surface area contributed by atoms with Gasteiger partial charge in [0.2, 0.25) is 0 Å². The van der Waals surface area contributed by atoms with Gasteiger partial charge in [-0.25, -0.2) is 4.31 Å². The van der Waals surface area contributed by atoms with Gasteiger partial charge in [-0.1, -0.05) is 30.3 Å². The maximum Gasteiger partial charge on any atom is 0.0518 e. The second kappa shape index (κ2) is 6.88. The summed E-state index contributed by atoms with van der Waals surface area (Å²) in [6.45, 7) is 3.39. The van der Waals surface area contributed by atoms with E-state index in [4.69, 9.17) is 0 Å². The highest BCUT2D eigenvalue weighted by Gasteiger charge is 2.22. The maximum atomic E-state index is 3.71. The third-order valence-corrected chi connectivity index (χ3v) is 6.50. The molecule has 0 unspecified atom stereocenters. The molecule has 1 fully saturated rings. The van der Waals surface area contributed by atoms with E-state index in [9.17, 15) is 0 Å². The second-order valence-corrected chi connectivity index (χ2v) is 8.35. The molecule has 2 aromatic carbocycles. The number of nitrogens with one attached hydrogen (secondary N) is 1. The fraction of sp³-hybridized carbons (Fsp3) is 0.368. The van der Waals surface area contributed by atoms with Crippen molar-refractivity contribution in [3.05, 3.63) is 58.1 Å². The lowest BCUT2D eigenvalue weighted by Crippen LogP contribution is -2.27. The molecule has 0 spiro atoms. The zero-order valence-corrected chi connectivity index (χ0v) is 15.5. The van der Waals surface area contributed by atoms with E-state index in [0.717, 1.165) is 32.0 Å². The Bertz CT molecular complexity index is 681. The summed E-state index contributed by atoms with van der Waals surface area (Å²) >= 11 is 5.63. The summed E-state index contributed by atoms with van der Waals surface area (Å²) in [6, 6.07) is 15.6. The molecule has 0 atom stereocenters. The van der Waals surface area contributed by atoms with Gasteiger partial charge in [0.1, 0.15) is 0 Å². The fourth-order valence-corrected chi connectivity index (χ4v) is 5.41. The van der Waals surface area contributed by atoms with Crippen LogP contribution in [0, 0.1) is 0 Å². The maximum absolute atomic E-state index is 3.71. The van der Waals surface area contributed by atoms with E-state index in [0.29, 0.717) is 0 Å². The average molecular weight is 389 g/mol. The van der Waals surface area contributed by atoms with Gasteiger partial charge < -0.3 is 5.32 Å². The third-order valence-electron chi connectivity index (χ3n) is 4.80. The van der Waals surface area contributed by atoms with Crippen LogP contribution in [0.25, 0.3) is 0 Å². The average Bonchev–Trinajstić information content (AvgIpc) is 3.05. The lowest BCUT2D eigenvalue weighted by Gasteiger charge is -2.31. The standard InChI is InChI=1S/C19H21BrN2S/c20-18-13-17(12-16-6-9-21-19(16)18)23-22-10-7-15(8-11-22)14-4-2-1-3-5-14/h1-5,12-13,15,21H,6-11H2. The molecule has 2 aromatic rings. The van der Waals surface area contributed by atoms with Gasteiger partial charge in [-0.05, 0) is 76.3 Å². The van der Waals surface area contributed by atoms with Crippen LogP contribution < -0.4 is 5.32 Å². The smallest absolute Gasteiger partial charge is 0.0518 e. The van der Waals surface area contributed by atoms with Crippen molar-refractivity contribution in [2.24, 2.45) is 0 Å². The fourth-order valence-electron chi connectivity index (χ4n) is 3.56. The number of halogens is 1. The molecule has 1 saturated heterocycles. The molecule has 2 aliphatic rings. The second-order valence-electron chi connectivity index (χ2n) is 6.32. The Labute approximate surface area is 150 Å². The van der Waals surface area contributed by atoms with Gasteiger partial charge in [-0.2, -0.15) is 0 Å². The van der Waals surface area contributed by atoms with Crippen LogP contribution in [0.2, 0.25) is 0 Å². The number of hydrogen-bond acceptors (Lipinski definition) is 3. The van der Waals surface area contributed by atoms with Crippen molar-refractivity contribution in [1.29, 1.82) is 0 Å². The van der Waals surface area contributed by atoms with Gasteiger partial charge in [0, 0.05) is 29.0 Å². The lowest BCUT2D eigenvalue weighted by atomic mass is 9.90. The molecule has 1 N–H and O–H groups in total. The van der Waals surface area contributed by atoms with Crippen molar-refractivity contribution >= 4 is 33.6 Å². The summed E-state index contributed by atoms with van der Waals surface area (Å²) < 4.78 is 3.73. The van der Waals surface area contributed by atoms with Gasteiger partial charge in [0.25, 0.3) is 0 Å². The molecule has 120 valence electrons. The van der Waals surface area contributed by atoms with Crippen molar-refractivity contribution in [2.75, 3.05) is 25.0 Å². The Morgan fingerprint density at radius 3 is 2.65 bits per heavy atom. The molecule has 0 radical (unpaired) electrons. The van der Waals surface area contributed by atoms with Gasteiger partial charge in [0.05, 0.1) is 5.69 Å². The van der Waals surface area contributed by atoms with Crippen LogP contribution in [0.4, 0.5) is 5.69 Å².